The number of hydrogen-bond donors (Lipinski definition) is 0. The second-order valence-corrected chi connectivity index (χ2v) is 9.12. The van der Waals surface area contributed by atoms with Crippen molar-refractivity contribution in [2.75, 3.05) is 0 Å². The molecule has 2 heteroatoms. The van der Waals surface area contributed by atoms with Crippen LogP contribution in [0.4, 0.5) is 0 Å². The Labute approximate surface area is 98.2 Å². The van der Waals surface area contributed by atoms with Crippen molar-refractivity contribution in [3.63, 3.8) is 0 Å². The molecule has 0 saturated carbocycles. The topological polar surface area (TPSA) is 9.23 Å². The van der Waals surface area contributed by atoms with Crippen molar-refractivity contribution in [3.8, 4) is 5.75 Å². The predicted octanol–water partition coefficient (Wildman–Crippen LogP) is 4.44. The van der Waals surface area contributed by atoms with E-state index < -0.39 is 8.32 Å². The predicted molar refractivity (Wildman–Crippen MR) is 72.5 cm³/mol. The summed E-state index contributed by atoms with van der Waals surface area (Å²) in [5.74, 6) is 1.04. The number of benzene rings is 2. The monoisotopic (exact) mass is 230 g/mol. The molecule has 16 heavy (non-hydrogen) atoms. The molecule has 0 aromatic heterocycles. The van der Waals surface area contributed by atoms with Gasteiger partial charge in [0, 0.05) is 5.39 Å². The lowest BCUT2D eigenvalue weighted by molar-refractivity contribution is 0.556. The Bertz CT molecular complexity index is 486. The van der Waals surface area contributed by atoms with Gasteiger partial charge in [0.1, 0.15) is 5.75 Å². The van der Waals surface area contributed by atoms with Crippen LogP contribution in [0.3, 0.4) is 0 Å². The van der Waals surface area contributed by atoms with Crippen LogP contribution in [0.2, 0.25) is 19.1 Å². The maximum Gasteiger partial charge on any atom is 0.244 e. The van der Waals surface area contributed by atoms with Crippen LogP contribution in [0.1, 0.15) is 6.92 Å². The van der Waals surface area contributed by atoms with E-state index in [2.05, 4.69) is 62.5 Å². The summed E-state index contributed by atoms with van der Waals surface area (Å²) in [6, 6.07) is 15.8. The summed E-state index contributed by atoms with van der Waals surface area (Å²) in [6.45, 7) is 6.72. The number of fused-ring (bicyclic) bond motifs is 1. The van der Waals surface area contributed by atoms with Crippen LogP contribution in [0.5, 0.6) is 5.75 Å². The maximum absolute atomic E-state index is 6.20. The highest BCUT2D eigenvalue weighted by molar-refractivity contribution is 6.71. The van der Waals surface area contributed by atoms with E-state index in [1.807, 2.05) is 0 Å². The molecule has 0 unspecified atom stereocenters. The van der Waals surface area contributed by atoms with E-state index in [1.165, 1.54) is 10.8 Å². The molecule has 0 radical (unpaired) electrons. The van der Waals surface area contributed by atoms with Gasteiger partial charge in [0.15, 0.2) is 0 Å². The molecule has 84 valence electrons. The van der Waals surface area contributed by atoms with Gasteiger partial charge in [-0.3, -0.25) is 0 Å². The molecule has 0 heterocycles. The first-order chi connectivity index (χ1) is 7.62. The molecule has 2 rings (SSSR count). The molecule has 0 amide bonds. The van der Waals surface area contributed by atoms with Crippen LogP contribution >= 0.6 is 0 Å². The molecule has 2 aromatic carbocycles. The van der Waals surface area contributed by atoms with Crippen LogP contribution in [-0.4, -0.2) is 8.32 Å². The summed E-state index contributed by atoms with van der Waals surface area (Å²) in [6.07, 6.45) is 0. The summed E-state index contributed by atoms with van der Waals surface area (Å²) in [5, 5.41) is 2.47. The lowest BCUT2D eigenvalue weighted by Crippen LogP contribution is -2.32. The van der Waals surface area contributed by atoms with Gasteiger partial charge in [-0.15, -0.1) is 0 Å². The Morgan fingerprint density at radius 1 is 1.00 bits per heavy atom. The van der Waals surface area contributed by atoms with Gasteiger partial charge in [-0.1, -0.05) is 43.3 Å². The average molecular weight is 230 g/mol. The van der Waals surface area contributed by atoms with Crippen molar-refractivity contribution in [1.29, 1.82) is 0 Å². The number of hydrogen-bond acceptors (Lipinski definition) is 1. The summed E-state index contributed by atoms with van der Waals surface area (Å²) in [7, 11) is -1.54. The molecule has 0 fully saturated rings. The van der Waals surface area contributed by atoms with Crippen molar-refractivity contribution in [2.45, 2.75) is 26.1 Å². The molecule has 0 atom stereocenters. The minimum absolute atomic E-state index is 1.04. The van der Waals surface area contributed by atoms with Crippen molar-refractivity contribution in [2.24, 2.45) is 0 Å². The molecule has 1 nitrogen and oxygen atoms in total. The molecule has 0 bridgehead atoms. The van der Waals surface area contributed by atoms with E-state index in [1.54, 1.807) is 0 Å². The van der Waals surface area contributed by atoms with Crippen LogP contribution in [0.25, 0.3) is 10.8 Å². The van der Waals surface area contributed by atoms with Gasteiger partial charge in [0.2, 0.25) is 8.32 Å². The second kappa shape index (κ2) is 4.30. The van der Waals surface area contributed by atoms with Gasteiger partial charge in [-0.2, -0.15) is 0 Å². The zero-order valence-corrected chi connectivity index (χ0v) is 11.2. The van der Waals surface area contributed by atoms with Crippen LogP contribution in [0.15, 0.2) is 42.5 Å². The Morgan fingerprint density at radius 3 is 2.44 bits per heavy atom. The van der Waals surface area contributed by atoms with E-state index in [-0.39, 0.29) is 0 Å². The minimum atomic E-state index is -1.54. The molecule has 0 aliphatic carbocycles. The molecular formula is C14H18OSi. The van der Waals surface area contributed by atoms with E-state index in [9.17, 15) is 0 Å². The van der Waals surface area contributed by atoms with E-state index in [0.717, 1.165) is 11.8 Å². The summed E-state index contributed by atoms with van der Waals surface area (Å²) in [4.78, 5) is 0. The molecular weight excluding hydrogens is 212 g/mol. The van der Waals surface area contributed by atoms with Crippen molar-refractivity contribution >= 4 is 19.1 Å². The third-order valence-electron chi connectivity index (χ3n) is 2.99. The molecule has 2 aromatic rings. The van der Waals surface area contributed by atoms with Crippen molar-refractivity contribution < 1.29 is 4.43 Å². The van der Waals surface area contributed by atoms with Crippen LogP contribution in [0, 0.1) is 0 Å². The SMILES string of the molecule is CC[Si](C)(C)Oc1cccc2ccccc12. The van der Waals surface area contributed by atoms with Crippen molar-refractivity contribution in [3.05, 3.63) is 42.5 Å². The first kappa shape index (κ1) is 11.2. The Morgan fingerprint density at radius 2 is 1.69 bits per heavy atom. The van der Waals surface area contributed by atoms with Crippen molar-refractivity contribution in [1.82, 2.24) is 0 Å². The van der Waals surface area contributed by atoms with Crippen LogP contribution < -0.4 is 4.43 Å². The van der Waals surface area contributed by atoms with Gasteiger partial charge >= 0.3 is 0 Å². The Balaban J connectivity index is 2.45. The van der Waals surface area contributed by atoms with E-state index in [0.29, 0.717) is 0 Å². The highest BCUT2D eigenvalue weighted by Crippen LogP contribution is 2.28. The lowest BCUT2D eigenvalue weighted by Gasteiger charge is -2.23. The standard InChI is InChI=1S/C14H18OSi/c1-4-16(2,3)15-14-11-7-9-12-8-5-6-10-13(12)14/h5-11H,4H2,1-3H3. The lowest BCUT2D eigenvalue weighted by atomic mass is 10.1. The van der Waals surface area contributed by atoms with E-state index >= 15 is 0 Å². The molecule has 0 aliphatic rings. The first-order valence-electron chi connectivity index (χ1n) is 5.79. The maximum atomic E-state index is 6.20. The smallest absolute Gasteiger partial charge is 0.244 e. The molecule has 0 aliphatic heterocycles. The zero-order valence-electron chi connectivity index (χ0n) is 10.2. The largest absolute Gasteiger partial charge is 0.544 e. The molecule has 0 N–H and O–H groups in total. The molecule has 0 spiro atoms. The normalized spacial score (nSPS) is 11.7. The van der Waals surface area contributed by atoms with Gasteiger partial charge in [-0.25, -0.2) is 0 Å². The first-order valence-corrected chi connectivity index (χ1v) is 8.91. The van der Waals surface area contributed by atoms with Crippen LogP contribution in [-0.2, 0) is 0 Å². The summed E-state index contributed by atoms with van der Waals surface area (Å²) < 4.78 is 6.20. The average Bonchev–Trinajstić information content (AvgIpc) is 2.29. The number of rotatable bonds is 3. The van der Waals surface area contributed by atoms with Gasteiger partial charge in [0.25, 0.3) is 0 Å². The quantitative estimate of drug-likeness (QED) is 0.708. The summed E-state index contributed by atoms with van der Waals surface area (Å²) >= 11 is 0. The highest BCUT2D eigenvalue weighted by atomic mass is 28.4. The van der Waals surface area contributed by atoms with E-state index in [4.69, 9.17) is 4.43 Å². The Hall–Kier alpha value is -1.28. The molecule has 0 saturated heterocycles. The van der Waals surface area contributed by atoms with Gasteiger partial charge in [0.05, 0.1) is 0 Å². The highest BCUT2D eigenvalue weighted by Gasteiger charge is 2.22. The fraction of sp³-hybridized carbons (Fsp3) is 0.286. The third-order valence-corrected chi connectivity index (χ3v) is 5.46. The minimum Gasteiger partial charge on any atom is -0.544 e. The second-order valence-electron chi connectivity index (χ2n) is 4.69. The summed E-state index contributed by atoms with van der Waals surface area (Å²) in [5.41, 5.74) is 0. The van der Waals surface area contributed by atoms with Gasteiger partial charge in [-0.05, 0) is 30.6 Å². The zero-order chi connectivity index (χ0) is 11.6. The fourth-order valence-corrected chi connectivity index (χ4v) is 2.57. The third kappa shape index (κ3) is 2.27. The van der Waals surface area contributed by atoms with Gasteiger partial charge < -0.3 is 4.43 Å². The fourth-order valence-electron chi connectivity index (χ4n) is 1.65. The Kier molecular flexibility index (Phi) is 3.01.